The highest BCUT2D eigenvalue weighted by atomic mass is 19.4. The fourth-order valence-electron chi connectivity index (χ4n) is 3.04. The Bertz CT molecular complexity index is 1080. The summed E-state index contributed by atoms with van der Waals surface area (Å²) in [6.45, 7) is 0. The van der Waals surface area contributed by atoms with Crippen LogP contribution in [0.1, 0.15) is 16.1 Å². The lowest BCUT2D eigenvalue weighted by atomic mass is 9.93. The first kappa shape index (κ1) is 19.1. The Hall–Kier alpha value is -3.69. The van der Waals surface area contributed by atoms with Crippen molar-refractivity contribution in [2.75, 3.05) is 0 Å². The molecule has 7 nitrogen and oxygen atoms in total. The normalized spacial score (nSPS) is 11.4. The van der Waals surface area contributed by atoms with Gasteiger partial charge in [-0.2, -0.15) is 18.3 Å². The summed E-state index contributed by atoms with van der Waals surface area (Å²) >= 11 is 0. The second kappa shape index (κ2) is 6.80. The minimum atomic E-state index is -4.96. The van der Waals surface area contributed by atoms with E-state index >= 15 is 0 Å². The molecule has 0 spiro atoms. The molecule has 1 amide bonds. The number of nitro groups is 1. The number of hydrogen-bond acceptors (Lipinski definition) is 4. The number of hydrogen-bond donors (Lipinski definition) is 1. The van der Waals surface area contributed by atoms with Gasteiger partial charge in [0.25, 0.3) is 11.6 Å². The van der Waals surface area contributed by atoms with E-state index in [0.29, 0.717) is 5.56 Å². The molecule has 0 unspecified atom stereocenters. The molecule has 3 aromatic rings. The Morgan fingerprint density at radius 1 is 1.14 bits per heavy atom. The van der Waals surface area contributed by atoms with Crippen LogP contribution >= 0.6 is 0 Å². The van der Waals surface area contributed by atoms with E-state index < -0.39 is 34.0 Å². The molecule has 1 aromatic heterocycles. The second-order valence-corrected chi connectivity index (χ2v) is 5.88. The summed E-state index contributed by atoms with van der Waals surface area (Å²) in [4.78, 5) is 22.8. The standard InChI is InChI=1S/C18H13F3N4O3/c1-24-15(14(17(22)26)16(23-24)18(19,20)21)13-11(10-6-3-2-4-7-10)8-5-9-12(13)25(27)28/h2-9H,1H3,(H2,22,26). The van der Waals surface area contributed by atoms with Gasteiger partial charge in [0.2, 0.25) is 0 Å². The Labute approximate surface area is 156 Å². The van der Waals surface area contributed by atoms with Gasteiger partial charge in [-0.3, -0.25) is 19.6 Å². The summed E-state index contributed by atoms with van der Waals surface area (Å²) in [6.07, 6.45) is -4.96. The van der Waals surface area contributed by atoms with Gasteiger partial charge in [0.1, 0.15) is 0 Å². The first-order valence-electron chi connectivity index (χ1n) is 7.90. The van der Waals surface area contributed by atoms with Crippen LogP contribution in [0.4, 0.5) is 18.9 Å². The molecule has 1 heterocycles. The number of carbonyl (C=O) groups excluding carboxylic acids is 1. The molecule has 0 fully saturated rings. The van der Waals surface area contributed by atoms with Gasteiger partial charge in [0.05, 0.1) is 21.7 Å². The van der Waals surface area contributed by atoms with Crippen LogP contribution < -0.4 is 5.73 Å². The van der Waals surface area contributed by atoms with E-state index in [1.807, 2.05) is 0 Å². The van der Waals surface area contributed by atoms with E-state index in [2.05, 4.69) is 5.10 Å². The zero-order valence-corrected chi connectivity index (χ0v) is 14.4. The van der Waals surface area contributed by atoms with E-state index in [1.165, 1.54) is 19.2 Å². The van der Waals surface area contributed by atoms with E-state index in [9.17, 15) is 28.1 Å². The molecule has 28 heavy (non-hydrogen) atoms. The number of aryl methyl sites for hydroxylation is 1. The molecule has 0 bridgehead atoms. The monoisotopic (exact) mass is 390 g/mol. The maximum absolute atomic E-state index is 13.4. The smallest absolute Gasteiger partial charge is 0.365 e. The number of nitro benzene ring substituents is 1. The van der Waals surface area contributed by atoms with E-state index in [4.69, 9.17) is 5.73 Å². The fourth-order valence-corrected chi connectivity index (χ4v) is 3.04. The molecule has 3 rings (SSSR count). The van der Waals surface area contributed by atoms with Gasteiger partial charge in [-0.1, -0.05) is 42.5 Å². The van der Waals surface area contributed by atoms with Crippen molar-refractivity contribution in [3.8, 4) is 22.4 Å². The summed E-state index contributed by atoms with van der Waals surface area (Å²) in [5, 5.41) is 15.0. The lowest BCUT2D eigenvalue weighted by Gasteiger charge is -2.12. The van der Waals surface area contributed by atoms with Crippen molar-refractivity contribution in [1.82, 2.24) is 9.78 Å². The third-order valence-corrected chi connectivity index (χ3v) is 4.12. The van der Waals surface area contributed by atoms with E-state index in [-0.39, 0.29) is 16.8 Å². The molecule has 0 aliphatic rings. The molecular formula is C18H13F3N4O3. The Balaban J connectivity index is 2.47. The molecule has 0 aliphatic heterocycles. The highest BCUT2D eigenvalue weighted by Gasteiger charge is 2.42. The van der Waals surface area contributed by atoms with E-state index in [0.717, 1.165) is 10.7 Å². The SMILES string of the molecule is Cn1nc(C(F)(F)F)c(C(N)=O)c1-c1c(-c2ccccc2)cccc1[N+](=O)[O-]. The molecule has 2 aromatic carbocycles. The van der Waals surface area contributed by atoms with Gasteiger partial charge in [-0.15, -0.1) is 0 Å². The number of nitrogens with zero attached hydrogens (tertiary/aromatic N) is 3. The lowest BCUT2D eigenvalue weighted by molar-refractivity contribution is -0.384. The molecule has 0 atom stereocenters. The van der Waals surface area contributed by atoms with Crippen molar-refractivity contribution in [2.24, 2.45) is 12.8 Å². The Kier molecular flexibility index (Phi) is 4.63. The first-order valence-corrected chi connectivity index (χ1v) is 7.90. The predicted molar refractivity (Wildman–Crippen MR) is 94.3 cm³/mol. The molecule has 144 valence electrons. The fraction of sp³-hybridized carbons (Fsp3) is 0.111. The molecule has 0 aliphatic carbocycles. The van der Waals surface area contributed by atoms with Crippen molar-refractivity contribution in [1.29, 1.82) is 0 Å². The van der Waals surface area contributed by atoms with Gasteiger partial charge in [0, 0.05) is 13.1 Å². The second-order valence-electron chi connectivity index (χ2n) is 5.88. The summed E-state index contributed by atoms with van der Waals surface area (Å²) in [7, 11) is 1.17. The van der Waals surface area contributed by atoms with Gasteiger partial charge < -0.3 is 5.73 Å². The minimum absolute atomic E-state index is 0.169. The number of primary amides is 1. The number of amides is 1. The Morgan fingerprint density at radius 2 is 1.79 bits per heavy atom. The molecule has 0 radical (unpaired) electrons. The average Bonchev–Trinajstić information content (AvgIpc) is 2.99. The highest BCUT2D eigenvalue weighted by molar-refractivity contribution is 6.04. The molecule has 2 N–H and O–H groups in total. The van der Waals surface area contributed by atoms with Crippen LogP contribution in [0.2, 0.25) is 0 Å². The van der Waals surface area contributed by atoms with Gasteiger partial charge in [-0.05, 0) is 11.1 Å². The molecule has 0 saturated heterocycles. The maximum atomic E-state index is 13.4. The summed E-state index contributed by atoms with van der Waals surface area (Å²) in [6, 6.07) is 12.4. The topological polar surface area (TPSA) is 104 Å². The van der Waals surface area contributed by atoms with Gasteiger partial charge in [0.15, 0.2) is 5.69 Å². The van der Waals surface area contributed by atoms with Crippen molar-refractivity contribution in [2.45, 2.75) is 6.18 Å². The molecule has 10 heteroatoms. The largest absolute Gasteiger partial charge is 0.435 e. The van der Waals surface area contributed by atoms with Crippen molar-refractivity contribution in [3.05, 3.63) is 69.9 Å². The lowest BCUT2D eigenvalue weighted by Crippen LogP contribution is -2.18. The van der Waals surface area contributed by atoms with Crippen LogP contribution in [0.25, 0.3) is 22.4 Å². The number of carbonyl (C=O) groups is 1. The van der Waals surface area contributed by atoms with Crippen molar-refractivity contribution >= 4 is 11.6 Å². The Morgan fingerprint density at radius 3 is 2.32 bits per heavy atom. The van der Waals surface area contributed by atoms with Crippen LogP contribution in [0.15, 0.2) is 48.5 Å². The number of halogens is 3. The van der Waals surface area contributed by atoms with Crippen LogP contribution in [0, 0.1) is 10.1 Å². The summed E-state index contributed by atoms with van der Waals surface area (Å²) in [5.41, 5.74) is 2.59. The highest BCUT2D eigenvalue weighted by Crippen LogP contribution is 2.43. The average molecular weight is 390 g/mol. The zero-order chi connectivity index (χ0) is 20.6. The third kappa shape index (κ3) is 3.20. The van der Waals surface area contributed by atoms with Gasteiger partial charge >= 0.3 is 6.18 Å². The maximum Gasteiger partial charge on any atom is 0.435 e. The van der Waals surface area contributed by atoms with Crippen LogP contribution in [0.3, 0.4) is 0 Å². The summed E-state index contributed by atoms with van der Waals surface area (Å²) in [5.74, 6) is -1.38. The van der Waals surface area contributed by atoms with Crippen LogP contribution in [-0.2, 0) is 13.2 Å². The van der Waals surface area contributed by atoms with Crippen LogP contribution in [0.5, 0.6) is 0 Å². The first-order chi connectivity index (χ1) is 13.1. The number of nitrogens with two attached hydrogens (primary N) is 1. The quantitative estimate of drug-likeness (QED) is 0.541. The number of aromatic nitrogens is 2. The molecular weight excluding hydrogens is 377 g/mol. The zero-order valence-electron chi connectivity index (χ0n) is 14.4. The van der Waals surface area contributed by atoms with Gasteiger partial charge in [-0.25, -0.2) is 0 Å². The van der Waals surface area contributed by atoms with Crippen molar-refractivity contribution in [3.63, 3.8) is 0 Å². The number of alkyl halides is 3. The third-order valence-electron chi connectivity index (χ3n) is 4.12. The molecule has 0 saturated carbocycles. The number of rotatable bonds is 4. The minimum Gasteiger partial charge on any atom is -0.365 e. The predicted octanol–water partition coefficient (Wildman–Crippen LogP) is 3.78. The van der Waals surface area contributed by atoms with Crippen LogP contribution in [-0.4, -0.2) is 20.6 Å². The summed E-state index contributed by atoms with van der Waals surface area (Å²) < 4.78 is 40.9. The van der Waals surface area contributed by atoms with E-state index in [1.54, 1.807) is 30.3 Å². The number of benzene rings is 2. The van der Waals surface area contributed by atoms with Crippen molar-refractivity contribution < 1.29 is 22.9 Å².